The van der Waals surface area contributed by atoms with Gasteiger partial charge in [0, 0.05) is 46.1 Å². The Morgan fingerprint density at radius 1 is 1.15 bits per heavy atom. The van der Waals surface area contributed by atoms with Crippen molar-refractivity contribution in [3.8, 4) is 5.75 Å². The van der Waals surface area contributed by atoms with Crippen LogP contribution >= 0.6 is 24.0 Å². The number of guanidine groups is 1. The van der Waals surface area contributed by atoms with E-state index in [2.05, 4.69) is 27.0 Å². The minimum Gasteiger partial charge on any atom is -0.490 e. The number of hydrogen-bond acceptors (Lipinski definition) is 3. The minimum atomic E-state index is 0. The molecule has 0 bridgehead atoms. The van der Waals surface area contributed by atoms with E-state index in [1.807, 2.05) is 37.4 Å². The third-order valence-corrected chi connectivity index (χ3v) is 5.60. The maximum Gasteiger partial charge on any atom is 0.193 e. The number of ether oxygens (including phenoxy) is 1. The number of nitrogens with zero attached hydrogens (tertiary/aromatic N) is 3. The highest BCUT2D eigenvalue weighted by molar-refractivity contribution is 14.0. The number of benzene rings is 1. The molecule has 0 saturated carbocycles. The summed E-state index contributed by atoms with van der Waals surface area (Å²) >= 11 is 0. The lowest BCUT2D eigenvalue weighted by Gasteiger charge is -2.36. The predicted octanol–water partition coefficient (Wildman–Crippen LogP) is 3.46. The molecule has 3 rings (SSSR count). The van der Waals surface area contributed by atoms with Crippen molar-refractivity contribution in [3.05, 3.63) is 30.3 Å². The summed E-state index contributed by atoms with van der Waals surface area (Å²) in [5.41, 5.74) is 0. The molecule has 2 fully saturated rings. The van der Waals surface area contributed by atoms with Gasteiger partial charge in [0.15, 0.2) is 5.96 Å². The average Bonchev–Trinajstić information content (AvgIpc) is 2.70. The molecule has 6 heteroatoms. The van der Waals surface area contributed by atoms with Crippen molar-refractivity contribution >= 4 is 29.9 Å². The molecule has 1 aromatic rings. The number of para-hydroxylation sites is 1. The molecule has 1 aromatic carbocycles. The van der Waals surface area contributed by atoms with Crippen molar-refractivity contribution in [2.75, 3.05) is 46.3 Å². The summed E-state index contributed by atoms with van der Waals surface area (Å²) < 4.78 is 6.10. The van der Waals surface area contributed by atoms with Crippen molar-refractivity contribution in [1.82, 2.24) is 15.1 Å². The van der Waals surface area contributed by atoms with E-state index < -0.39 is 0 Å². The van der Waals surface area contributed by atoms with E-state index in [4.69, 9.17) is 4.74 Å². The van der Waals surface area contributed by atoms with Crippen molar-refractivity contribution in [2.24, 2.45) is 10.9 Å². The van der Waals surface area contributed by atoms with Crippen LogP contribution in [0.5, 0.6) is 5.75 Å². The Bertz CT molecular complexity index is 561. The van der Waals surface area contributed by atoms with Gasteiger partial charge in [-0.1, -0.05) is 25.1 Å². The molecule has 5 nitrogen and oxygen atoms in total. The quantitative estimate of drug-likeness (QED) is 0.393. The van der Waals surface area contributed by atoms with E-state index in [0.717, 1.165) is 50.1 Å². The number of rotatable bonds is 5. The second-order valence-electron chi connectivity index (χ2n) is 7.45. The van der Waals surface area contributed by atoms with Crippen molar-refractivity contribution in [2.45, 2.75) is 38.7 Å². The molecule has 1 unspecified atom stereocenters. The van der Waals surface area contributed by atoms with Crippen LogP contribution in [0.4, 0.5) is 0 Å². The normalized spacial score (nSPS) is 22.2. The number of aliphatic imine (C=N–C) groups is 1. The summed E-state index contributed by atoms with van der Waals surface area (Å²) in [6.07, 6.45) is 5.04. The van der Waals surface area contributed by atoms with Crippen LogP contribution in [0.15, 0.2) is 35.3 Å². The van der Waals surface area contributed by atoms with Gasteiger partial charge in [0.2, 0.25) is 0 Å². The van der Waals surface area contributed by atoms with Crippen LogP contribution in [0.25, 0.3) is 0 Å². The molecule has 2 aliphatic rings. The van der Waals surface area contributed by atoms with Gasteiger partial charge < -0.3 is 19.9 Å². The maximum absolute atomic E-state index is 6.10. The summed E-state index contributed by atoms with van der Waals surface area (Å²) in [6.45, 7) is 8.94. The fourth-order valence-electron chi connectivity index (χ4n) is 4.05. The van der Waals surface area contributed by atoms with Crippen LogP contribution in [0, 0.1) is 5.92 Å². The third kappa shape index (κ3) is 6.82. The lowest BCUT2D eigenvalue weighted by Crippen LogP contribution is -2.49. The predicted molar refractivity (Wildman–Crippen MR) is 123 cm³/mol. The van der Waals surface area contributed by atoms with Crippen molar-refractivity contribution < 1.29 is 4.74 Å². The number of likely N-dealkylation sites (tertiary alicyclic amines) is 2. The molecule has 0 spiro atoms. The van der Waals surface area contributed by atoms with Gasteiger partial charge in [-0.3, -0.25) is 4.99 Å². The van der Waals surface area contributed by atoms with Crippen LogP contribution < -0.4 is 10.1 Å². The molecule has 0 aliphatic carbocycles. The fourth-order valence-corrected chi connectivity index (χ4v) is 4.05. The molecule has 0 aromatic heterocycles. The summed E-state index contributed by atoms with van der Waals surface area (Å²) in [6, 6.07) is 10.2. The lowest BCUT2D eigenvalue weighted by molar-refractivity contribution is 0.129. The van der Waals surface area contributed by atoms with Crippen LogP contribution in [-0.2, 0) is 0 Å². The minimum absolute atomic E-state index is 0. The van der Waals surface area contributed by atoms with Crippen LogP contribution in [0.3, 0.4) is 0 Å². The molecule has 0 radical (unpaired) electrons. The second-order valence-corrected chi connectivity index (χ2v) is 7.45. The van der Waals surface area contributed by atoms with E-state index >= 15 is 0 Å². The van der Waals surface area contributed by atoms with Gasteiger partial charge in [0.1, 0.15) is 11.9 Å². The summed E-state index contributed by atoms with van der Waals surface area (Å²) in [5.74, 6) is 2.77. The molecule has 1 atom stereocenters. The fraction of sp³-hybridized carbons (Fsp3) is 0.667. The monoisotopic (exact) mass is 486 g/mol. The van der Waals surface area contributed by atoms with Crippen molar-refractivity contribution in [3.63, 3.8) is 0 Å². The van der Waals surface area contributed by atoms with Gasteiger partial charge in [0.25, 0.3) is 0 Å². The highest BCUT2D eigenvalue weighted by Gasteiger charge is 2.24. The smallest absolute Gasteiger partial charge is 0.193 e. The highest BCUT2D eigenvalue weighted by atomic mass is 127. The first-order valence-corrected chi connectivity index (χ1v) is 10.2. The van der Waals surface area contributed by atoms with Gasteiger partial charge in [-0.25, -0.2) is 0 Å². The van der Waals surface area contributed by atoms with E-state index in [-0.39, 0.29) is 24.0 Å². The van der Waals surface area contributed by atoms with E-state index in [9.17, 15) is 0 Å². The first kappa shape index (κ1) is 22.3. The van der Waals surface area contributed by atoms with E-state index in [1.165, 1.54) is 32.5 Å². The first-order chi connectivity index (χ1) is 12.8. The standard InChI is InChI=1S/C21H34N4O.HI/c1-3-24-13-7-8-18(17-24)16-23-21(22-2)25-14-11-20(12-15-25)26-19-9-5-4-6-10-19;/h4-6,9-10,18,20H,3,7-8,11-17H2,1-2H3,(H,22,23);1H. The third-order valence-electron chi connectivity index (χ3n) is 5.60. The topological polar surface area (TPSA) is 40.1 Å². The Hall–Kier alpha value is -1.02. The summed E-state index contributed by atoms with van der Waals surface area (Å²) in [5, 5.41) is 3.63. The van der Waals surface area contributed by atoms with Gasteiger partial charge in [0.05, 0.1) is 0 Å². The van der Waals surface area contributed by atoms with E-state index in [0.29, 0.717) is 6.10 Å². The number of piperidine rings is 2. The van der Waals surface area contributed by atoms with Crippen LogP contribution in [0.1, 0.15) is 32.6 Å². The number of halogens is 1. The van der Waals surface area contributed by atoms with Crippen molar-refractivity contribution in [1.29, 1.82) is 0 Å². The first-order valence-electron chi connectivity index (χ1n) is 10.2. The highest BCUT2D eigenvalue weighted by Crippen LogP contribution is 2.19. The van der Waals surface area contributed by atoms with Gasteiger partial charge >= 0.3 is 0 Å². The Morgan fingerprint density at radius 3 is 2.56 bits per heavy atom. The van der Waals surface area contributed by atoms with Gasteiger partial charge in [-0.15, -0.1) is 24.0 Å². The molecule has 2 heterocycles. The molecule has 152 valence electrons. The Balaban J connectivity index is 0.00000261. The lowest BCUT2D eigenvalue weighted by atomic mass is 9.98. The number of hydrogen-bond donors (Lipinski definition) is 1. The average molecular weight is 486 g/mol. The van der Waals surface area contributed by atoms with Gasteiger partial charge in [-0.05, 0) is 44.0 Å². The largest absolute Gasteiger partial charge is 0.490 e. The van der Waals surface area contributed by atoms with Gasteiger partial charge in [-0.2, -0.15) is 0 Å². The SMILES string of the molecule is CCN1CCCC(CNC(=NC)N2CCC(Oc3ccccc3)CC2)C1.I. The molecule has 2 aliphatic heterocycles. The molecule has 0 amide bonds. The molecule has 2 saturated heterocycles. The van der Waals surface area contributed by atoms with E-state index in [1.54, 1.807) is 0 Å². The Labute approximate surface area is 181 Å². The molecular formula is C21H35IN4O. The van der Waals surface area contributed by atoms with Crippen LogP contribution in [0.2, 0.25) is 0 Å². The molecule has 1 N–H and O–H groups in total. The Morgan fingerprint density at radius 2 is 1.89 bits per heavy atom. The Kier molecular flexibility index (Phi) is 9.68. The number of nitrogens with one attached hydrogen (secondary N) is 1. The zero-order chi connectivity index (χ0) is 18.2. The zero-order valence-corrected chi connectivity index (χ0v) is 19.1. The summed E-state index contributed by atoms with van der Waals surface area (Å²) in [7, 11) is 1.90. The second kappa shape index (κ2) is 11.7. The zero-order valence-electron chi connectivity index (χ0n) is 16.8. The molecule has 27 heavy (non-hydrogen) atoms. The molecular weight excluding hydrogens is 451 g/mol. The summed E-state index contributed by atoms with van der Waals surface area (Å²) in [4.78, 5) is 9.46. The maximum atomic E-state index is 6.10. The van der Waals surface area contributed by atoms with Crippen LogP contribution in [-0.4, -0.2) is 68.2 Å².